The van der Waals surface area contributed by atoms with Crippen molar-refractivity contribution in [2.24, 2.45) is 0 Å². The third kappa shape index (κ3) is 10.3. The van der Waals surface area contributed by atoms with Crippen LogP contribution in [0.5, 0.6) is 0 Å². The molecule has 0 aliphatic heterocycles. The number of carbonyl (C=O) groups excluding carboxylic acids is 4. The van der Waals surface area contributed by atoms with E-state index in [9.17, 15) is 33.8 Å². The van der Waals surface area contributed by atoms with Gasteiger partial charge in [-0.3, -0.25) is 19.2 Å². The summed E-state index contributed by atoms with van der Waals surface area (Å²) in [6, 6.07) is 19.3. The number of nitrogens with one attached hydrogen (secondary N) is 4. The Morgan fingerprint density at radius 3 is 1.79 bits per heavy atom. The zero-order chi connectivity index (χ0) is 30.3. The number of benzene rings is 3. The normalized spacial score (nSPS) is 13.0. The molecule has 0 aromatic heterocycles. The second-order valence-corrected chi connectivity index (χ2v) is 9.33. The number of hydrogen-bond donors (Lipinski definition) is 6. The number of amides is 4. The molecule has 3 atom stereocenters. The summed E-state index contributed by atoms with van der Waals surface area (Å²) >= 11 is 0. The third-order valence-electron chi connectivity index (χ3n) is 6.15. The molecule has 3 rings (SSSR count). The van der Waals surface area contributed by atoms with Crippen molar-refractivity contribution in [1.29, 1.82) is 0 Å². The maximum atomic E-state index is 13.2. The number of aliphatic hydroxyl groups excluding tert-OH is 2. The number of halogens is 1. The monoisotopic (exact) mass is 576 g/mol. The van der Waals surface area contributed by atoms with E-state index in [1.807, 2.05) is 30.3 Å². The van der Waals surface area contributed by atoms with Gasteiger partial charge in [-0.25, -0.2) is 4.39 Å². The van der Waals surface area contributed by atoms with Crippen LogP contribution in [0.2, 0.25) is 0 Å². The minimum Gasteiger partial charge on any atom is -0.394 e. The van der Waals surface area contributed by atoms with E-state index in [1.54, 1.807) is 30.3 Å². The van der Waals surface area contributed by atoms with Gasteiger partial charge in [0.15, 0.2) is 0 Å². The molecule has 6 N–H and O–H groups in total. The van der Waals surface area contributed by atoms with Crippen LogP contribution in [0.3, 0.4) is 0 Å². The first-order valence-corrected chi connectivity index (χ1v) is 13.2. The average Bonchev–Trinajstić information content (AvgIpc) is 3.01. The van der Waals surface area contributed by atoms with Gasteiger partial charge in [-0.1, -0.05) is 72.8 Å². The molecule has 0 saturated carbocycles. The molecule has 0 heterocycles. The van der Waals surface area contributed by atoms with Gasteiger partial charge in [0.2, 0.25) is 23.6 Å². The van der Waals surface area contributed by atoms with Crippen LogP contribution in [0.1, 0.15) is 16.7 Å². The van der Waals surface area contributed by atoms with Gasteiger partial charge < -0.3 is 31.5 Å². The van der Waals surface area contributed by atoms with Gasteiger partial charge in [0.1, 0.15) is 23.9 Å². The zero-order valence-corrected chi connectivity index (χ0v) is 22.7. The van der Waals surface area contributed by atoms with Crippen molar-refractivity contribution < 1.29 is 33.8 Å². The van der Waals surface area contributed by atoms with E-state index in [0.29, 0.717) is 11.1 Å². The van der Waals surface area contributed by atoms with Crippen LogP contribution in [0.15, 0.2) is 91.0 Å². The lowest BCUT2D eigenvalue weighted by molar-refractivity contribution is -0.134. The fraction of sp³-hybridized carbons (Fsp3) is 0.226. The summed E-state index contributed by atoms with van der Waals surface area (Å²) in [5, 5.41) is 29.6. The van der Waals surface area contributed by atoms with Gasteiger partial charge >= 0.3 is 0 Å². The van der Waals surface area contributed by atoms with Gasteiger partial charge in [0.25, 0.3) is 0 Å². The summed E-state index contributed by atoms with van der Waals surface area (Å²) in [7, 11) is 0. The average molecular weight is 577 g/mol. The van der Waals surface area contributed by atoms with Crippen molar-refractivity contribution in [1.82, 2.24) is 21.3 Å². The molecule has 0 unspecified atom stereocenters. The lowest BCUT2D eigenvalue weighted by atomic mass is 10.0. The van der Waals surface area contributed by atoms with Crippen molar-refractivity contribution in [3.05, 3.63) is 114 Å². The Bertz CT molecular complexity index is 1350. The Morgan fingerprint density at radius 1 is 0.667 bits per heavy atom. The van der Waals surface area contributed by atoms with Crippen LogP contribution in [0, 0.1) is 5.82 Å². The second kappa shape index (κ2) is 16.4. The number of hydrogen-bond acceptors (Lipinski definition) is 6. The Kier molecular flexibility index (Phi) is 12.4. The van der Waals surface area contributed by atoms with Crippen LogP contribution in [0.4, 0.5) is 4.39 Å². The van der Waals surface area contributed by atoms with Gasteiger partial charge in [-0.05, 0) is 34.9 Å². The topological polar surface area (TPSA) is 157 Å². The fourth-order valence-corrected chi connectivity index (χ4v) is 3.87. The van der Waals surface area contributed by atoms with E-state index in [4.69, 9.17) is 0 Å². The summed E-state index contributed by atoms with van der Waals surface area (Å²) in [5.41, 5.74) is 2.06. The number of aliphatic hydroxyl groups is 2. The quantitative estimate of drug-likeness (QED) is 0.156. The smallest absolute Gasteiger partial charge is 0.245 e. The minimum absolute atomic E-state index is 0.0265. The van der Waals surface area contributed by atoms with Gasteiger partial charge in [-0.2, -0.15) is 0 Å². The van der Waals surface area contributed by atoms with E-state index in [-0.39, 0.29) is 13.0 Å². The predicted molar refractivity (Wildman–Crippen MR) is 154 cm³/mol. The summed E-state index contributed by atoms with van der Waals surface area (Å²) in [4.78, 5) is 51.3. The van der Waals surface area contributed by atoms with Crippen molar-refractivity contribution in [3.63, 3.8) is 0 Å². The molecule has 11 heteroatoms. The van der Waals surface area contributed by atoms with E-state index in [0.717, 1.165) is 11.6 Å². The Morgan fingerprint density at radius 2 is 1.19 bits per heavy atom. The molecule has 220 valence electrons. The molecule has 0 aliphatic carbocycles. The molecule has 4 amide bonds. The molecule has 0 fully saturated rings. The van der Waals surface area contributed by atoms with E-state index >= 15 is 0 Å². The summed E-state index contributed by atoms with van der Waals surface area (Å²) in [5.74, 6) is -3.34. The second-order valence-electron chi connectivity index (χ2n) is 9.33. The third-order valence-corrected chi connectivity index (χ3v) is 6.15. The lowest BCUT2D eigenvalue weighted by Crippen LogP contribution is -2.58. The first-order valence-electron chi connectivity index (χ1n) is 13.2. The first kappa shape index (κ1) is 31.7. The summed E-state index contributed by atoms with van der Waals surface area (Å²) in [6.07, 6.45) is 2.56. The van der Waals surface area contributed by atoms with Crippen LogP contribution in [0.25, 0.3) is 6.08 Å². The summed E-state index contributed by atoms with van der Waals surface area (Å²) in [6.45, 7) is -1.26. The molecule has 10 nitrogen and oxygen atoms in total. The molecular formula is C31H33FN4O6. The molecule has 0 radical (unpaired) electrons. The predicted octanol–water partition coefficient (Wildman–Crippen LogP) is 0.837. The van der Waals surface area contributed by atoms with Crippen molar-refractivity contribution in [3.8, 4) is 0 Å². The Hall–Kier alpha value is -4.87. The molecular weight excluding hydrogens is 543 g/mol. The van der Waals surface area contributed by atoms with Gasteiger partial charge in [0.05, 0.1) is 13.2 Å². The molecule has 0 bridgehead atoms. The van der Waals surface area contributed by atoms with Gasteiger partial charge in [-0.15, -0.1) is 0 Å². The summed E-state index contributed by atoms with van der Waals surface area (Å²) < 4.78 is 13.1. The highest BCUT2D eigenvalue weighted by Crippen LogP contribution is 2.06. The molecule has 0 aliphatic rings. The Labute approximate surface area is 242 Å². The highest BCUT2D eigenvalue weighted by Gasteiger charge is 2.29. The van der Waals surface area contributed by atoms with Gasteiger partial charge in [0, 0.05) is 19.0 Å². The number of carbonyl (C=O) groups is 4. The van der Waals surface area contributed by atoms with E-state index in [1.165, 1.54) is 30.3 Å². The van der Waals surface area contributed by atoms with Crippen LogP contribution in [-0.4, -0.2) is 65.2 Å². The zero-order valence-electron chi connectivity index (χ0n) is 22.7. The fourth-order valence-electron chi connectivity index (χ4n) is 3.87. The lowest BCUT2D eigenvalue weighted by Gasteiger charge is -2.24. The molecule has 42 heavy (non-hydrogen) atoms. The van der Waals surface area contributed by atoms with E-state index in [2.05, 4.69) is 21.3 Å². The standard InChI is InChI=1S/C31H33FN4O6/c32-24-14-11-21(12-15-24)13-16-28(39)34-27(20-38)31(42)35-25(17-22-7-3-1-4-8-22)30(41)36-26(19-37)29(40)33-18-23-9-5-2-6-10-23/h1-16,25-27,37-38H,17-20H2,(H,33,40)(H,34,39)(H,35,42)(H,36,41)/b16-13+/t25-,26-,27-/m0/s1. The molecule has 3 aromatic rings. The van der Waals surface area contributed by atoms with Crippen LogP contribution < -0.4 is 21.3 Å². The van der Waals surface area contributed by atoms with Crippen LogP contribution in [-0.2, 0) is 32.1 Å². The highest BCUT2D eigenvalue weighted by atomic mass is 19.1. The van der Waals surface area contributed by atoms with Crippen LogP contribution >= 0.6 is 0 Å². The first-order chi connectivity index (χ1) is 20.3. The minimum atomic E-state index is -1.40. The molecule has 0 saturated heterocycles. The molecule has 3 aromatic carbocycles. The Balaban J connectivity index is 1.66. The van der Waals surface area contributed by atoms with Crippen molar-refractivity contribution in [2.45, 2.75) is 31.1 Å². The molecule has 0 spiro atoms. The van der Waals surface area contributed by atoms with E-state index < -0.39 is 60.8 Å². The maximum Gasteiger partial charge on any atom is 0.245 e. The highest BCUT2D eigenvalue weighted by molar-refractivity contribution is 5.97. The number of rotatable bonds is 14. The largest absolute Gasteiger partial charge is 0.394 e. The van der Waals surface area contributed by atoms with Crippen molar-refractivity contribution >= 4 is 29.7 Å². The van der Waals surface area contributed by atoms with Crippen molar-refractivity contribution in [2.75, 3.05) is 13.2 Å². The SMILES string of the molecule is O=C(/C=C/c1ccc(F)cc1)N[C@@H](CO)C(=O)N[C@@H](Cc1ccccc1)C(=O)N[C@@H](CO)C(=O)NCc1ccccc1. The maximum absolute atomic E-state index is 13.2.